The van der Waals surface area contributed by atoms with Crippen LogP contribution in [0.15, 0.2) is 12.1 Å². The summed E-state index contributed by atoms with van der Waals surface area (Å²) < 4.78 is 5.01. The van der Waals surface area contributed by atoms with Crippen LogP contribution >= 0.6 is 0 Å². The molecule has 0 bridgehead atoms. The van der Waals surface area contributed by atoms with Gasteiger partial charge >= 0.3 is 11.9 Å². The first-order valence-electron chi connectivity index (χ1n) is 7.80. The molecule has 0 saturated heterocycles. The number of esters is 1. The van der Waals surface area contributed by atoms with Crippen molar-refractivity contribution in [3.63, 3.8) is 0 Å². The van der Waals surface area contributed by atoms with Gasteiger partial charge in [0, 0.05) is 0 Å². The molecule has 1 N–H and O–H groups in total. The van der Waals surface area contributed by atoms with Gasteiger partial charge in [-0.3, -0.25) is 0 Å². The number of rotatable bonds is 6. The monoisotopic (exact) mass is 306 g/mol. The molecule has 4 nitrogen and oxygen atoms in total. The van der Waals surface area contributed by atoms with Crippen LogP contribution < -0.4 is 0 Å². The lowest BCUT2D eigenvalue weighted by Gasteiger charge is -2.26. The maximum atomic E-state index is 12.1. The van der Waals surface area contributed by atoms with Gasteiger partial charge in [-0.05, 0) is 42.4 Å². The highest BCUT2D eigenvalue weighted by Gasteiger charge is 2.30. The van der Waals surface area contributed by atoms with Gasteiger partial charge in [-0.2, -0.15) is 0 Å². The van der Waals surface area contributed by atoms with E-state index in [1.807, 2.05) is 26.8 Å². The van der Waals surface area contributed by atoms with E-state index in [2.05, 4.69) is 6.92 Å². The molecule has 0 spiro atoms. The highest BCUT2D eigenvalue weighted by atomic mass is 16.5. The molecule has 0 unspecified atom stereocenters. The number of aromatic carboxylic acids is 1. The summed E-state index contributed by atoms with van der Waals surface area (Å²) in [6, 6.07) is 3.45. The van der Waals surface area contributed by atoms with Crippen molar-refractivity contribution in [2.24, 2.45) is 0 Å². The molecule has 1 rings (SSSR count). The van der Waals surface area contributed by atoms with Crippen LogP contribution in [0.4, 0.5) is 0 Å². The Morgan fingerprint density at radius 3 is 2.27 bits per heavy atom. The standard InChI is InChI=1S/C18H26O4/c1-6-8-9-12-10-11-13(17(21)22-7-2)14(16(19)20)15(12)18(3,4)5/h10-11H,6-9H2,1-5H3,(H,19,20). The summed E-state index contributed by atoms with van der Waals surface area (Å²) in [4.78, 5) is 23.9. The van der Waals surface area contributed by atoms with E-state index in [9.17, 15) is 14.7 Å². The minimum atomic E-state index is -1.08. The van der Waals surface area contributed by atoms with Crippen LogP contribution in [0.2, 0.25) is 0 Å². The molecule has 0 heterocycles. The number of carbonyl (C=O) groups excluding carboxylic acids is 1. The Bertz CT molecular complexity index is 553. The number of carboxylic acids is 1. The van der Waals surface area contributed by atoms with Crippen LogP contribution in [0.1, 0.15) is 79.3 Å². The summed E-state index contributed by atoms with van der Waals surface area (Å²) in [6.07, 6.45) is 2.83. The molecule has 1 aromatic carbocycles. The van der Waals surface area contributed by atoms with Crippen LogP contribution in [0.5, 0.6) is 0 Å². The molecule has 0 aliphatic heterocycles. The zero-order valence-corrected chi connectivity index (χ0v) is 14.2. The van der Waals surface area contributed by atoms with Crippen LogP contribution in [0.25, 0.3) is 0 Å². The van der Waals surface area contributed by atoms with Crippen molar-refractivity contribution in [2.45, 2.75) is 59.3 Å². The van der Waals surface area contributed by atoms with Crippen molar-refractivity contribution in [1.29, 1.82) is 0 Å². The fraction of sp³-hybridized carbons (Fsp3) is 0.556. The van der Waals surface area contributed by atoms with Crippen molar-refractivity contribution >= 4 is 11.9 Å². The molecular weight excluding hydrogens is 280 g/mol. The predicted molar refractivity (Wildman–Crippen MR) is 86.7 cm³/mol. The van der Waals surface area contributed by atoms with Crippen molar-refractivity contribution in [3.05, 3.63) is 34.4 Å². The van der Waals surface area contributed by atoms with Crippen LogP contribution in [0.3, 0.4) is 0 Å². The fourth-order valence-corrected chi connectivity index (χ4v) is 2.68. The first-order valence-corrected chi connectivity index (χ1v) is 7.80. The summed E-state index contributed by atoms with van der Waals surface area (Å²) in [5, 5.41) is 9.67. The van der Waals surface area contributed by atoms with E-state index in [0.29, 0.717) is 0 Å². The van der Waals surface area contributed by atoms with Gasteiger partial charge in [-0.15, -0.1) is 0 Å². The second-order valence-corrected chi connectivity index (χ2v) is 6.40. The maximum absolute atomic E-state index is 12.1. The summed E-state index contributed by atoms with van der Waals surface area (Å²) in [5.41, 5.74) is 1.59. The largest absolute Gasteiger partial charge is 0.478 e. The van der Waals surface area contributed by atoms with Crippen LogP contribution in [-0.2, 0) is 16.6 Å². The number of hydrogen-bond donors (Lipinski definition) is 1. The lowest BCUT2D eigenvalue weighted by atomic mass is 9.78. The Balaban J connectivity index is 3.58. The molecule has 0 aliphatic carbocycles. The molecule has 0 radical (unpaired) electrons. The summed E-state index contributed by atoms with van der Waals surface area (Å²) >= 11 is 0. The molecule has 0 fully saturated rings. The number of hydrogen-bond acceptors (Lipinski definition) is 3. The van der Waals surface area contributed by atoms with E-state index in [-0.39, 0.29) is 23.1 Å². The van der Waals surface area contributed by atoms with E-state index in [4.69, 9.17) is 4.74 Å². The van der Waals surface area contributed by atoms with Gasteiger partial charge in [0.1, 0.15) is 0 Å². The van der Waals surface area contributed by atoms with Crippen molar-refractivity contribution < 1.29 is 19.4 Å². The smallest absolute Gasteiger partial charge is 0.339 e. The second-order valence-electron chi connectivity index (χ2n) is 6.40. The van der Waals surface area contributed by atoms with Crippen molar-refractivity contribution in [2.75, 3.05) is 6.61 Å². The third-order valence-corrected chi connectivity index (χ3v) is 3.55. The predicted octanol–water partition coefficient (Wildman–Crippen LogP) is 4.20. The molecule has 0 amide bonds. The van der Waals surface area contributed by atoms with Gasteiger partial charge in [-0.25, -0.2) is 9.59 Å². The van der Waals surface area contributed by atoms with Crippen molar-refractivity contribution in [1.82, 2.24) is 0 Å². The van der Waals surface area contributed by atoms with E-state index in [1.165, 1.54) is 0 Å². The Hall–Kier alpha value is -1.84. The molecule has 1 aromatic rings. The maximum Gasteiger partial charge on any atom is 0.339 e. The number of aryl methyl sites for hydroxylation is 1. The lowest BCUT2D eigenvalue weighted by Crippen LogP contribution is -2.23. The quantitative estimate of drug-likeness (QED) is 0.800. The Labute approximate surface area is 132 Å². The number of unbranched alkanes of at least 4 members (excludes halogenated alkanes) is 1. The van der Waals surface area contributed by atoms with Gasteiger partial charge < -0.3 is 9.84 Å². The molecule has 122 valence electrons. The zero-order valence-electron chi connectivity index (χ0n) is 14.2. The van der Waals surface area contributed by atoms with E-state index < -0.39 is 11.9 Å². The molecule has 0 atom stereocenters. The number of ether oxygens (including phenoxy) is 1. The fourth-order valence-electron chi connectivity index (χ4n) is 2.68. The molecular formula is C18H26O4. The summed E-state index contributed by atoms with van der Waals surface area (Å²) in [6.45, 7) is 9.94. The first kappa shape index (κ1) is 18.2. The van der Waals surface area contributed by atoms with Crippen LogP contribution in [-0.4, -0.2) is 23.7 Å². The molecule has 0 saturated carbocycles. The van der Waals surface area contributed by atoms with Crippen molar-refractivity contribution in [3.8, 4) is 0 Å². The van der Waals surface area contributed by atoms with Crippen LogP contribution in [0, 0.1) is 0 Å². The van der Waals surface area contributed by atoms with Gasteiger partial charge in [0.2, 0.25) is 0 Å². The molecule has 0 aromatic heterocycles. The third kappa shape index (κ3) is 4.09. The Morgan fingerprint density at radius 2 is 1.82 bits per heavy atom. The topological polar surface area (TPSA) is 63.6 Å². The Morgan fingerprint density at radius 1 is 1.18 bits per heavy atom. The summed E-state index contributed by atoms with van der Waals surface area (Å²) in [5.74, 6) is -1.65. The van der Waals surface area contributed by atoms with E-state index in [0.717, 1.165) is 30.4 Å². The second kappa shape index (κ2) is 7.43. The van der Waals surface area contributed by atoms with Gasteiger partial charge in [0.25, 0.3) is 0 Å². The van der Waals surface area contributed by atoms with E-state index >= 15 is 0 Å². The average Bonchev–Trinajstić information content (AvgIpc) is 2.43. The molecule has 4 heteroatoms. The summed E-state index contributed by atoms with van der Waals surface area (Å²) in [7, 11) is 0. The van der Waals surface area contributed by atoms with Gasteiger partial charge in [-0.1, -0.05) is 40.2 Å². The highest BCUT2D eigenvalue weighted by molar-refractivity contribution is 6.04. The van der Waals surface area contributed by atoms with Gasteiger partial charge in [0.15, 0.2) is 0 Å². The number of carbonyl (C=O) groups is 2. The minimum Gasteiger partial charge on any atom is -0.478 e. The highest BCUT2D eigenvalue weighted by Crippen LogP contribution is 2.33. The first-order chi connectivity index (χ1) is 10.2. The van der Waals surface area contributed by atoms with E-state index in [1.54, 1.807) is 13.0 Å². The third-order valence-electron chi connectivity index (χ3n) is 3.55. The Kier molecular flexibility index (Phi) is 6.15. The zero-order chi connectivity index (χ0) is 16.9. The lowest BCUT2D eigenvalue weighted by molar-refractivity contribution is 0.0514. The normalized spacial score (nSPS) is 11.3. The minimum absolute atomic E-state index is 0.0829. The molecule has 0 aliphatic rings. The average molecular weight is 306 g/mol. The molecule has 22 heavy (non-hydrogen) atoms. The van der Waals surface area contributed by atoms with Gasteiger partial charge in [0.05, 0.1) is 17.7 Å². The number of carboxylic acid groups (broad SMARTS) is 1. The SMILES string of the molecule is CCCCc1ccc(C(=O)OCC)c(C(=O)O)c1C(C)(C)C. The number of benzene rings is 1.